The summed E-state index contributed by atoms with van der Waals surface area (Å²) in [6, 6.07) is 1.51. The predicted octanol–water partition coefficient (Wildman–Crippen LogP) is 1.03. The predicted molar refractivity (Wildman–Crippen MR) is 66.0 cm³/mol. The van der Waals surface area contributed by atoms with E-state index in [1.807, 2.05) is 0 Å². The Morgan fingerprint density at radius 1 is 1.17 bits per heavy atom. The monoisotopic (exact) mass is 252 g/mol. The average molecular weight is 252 g/mol. The topological polar surface area (TPSA) is 68.7 Å². The molecule has 1 aromatic rings. The Morgan fingerprint density at radius 3 is 2.17 bits per heavy atom. The fourth-order valence-corrected chi connectivity index (χ4v) is 1.52. The van der Waals surface area contributed by atoms with E-state index in [2.05, 4.69) is 14.5 Å². The molecule has 0 aliphatic rings. The van der Waals surface area contributed by atoms with Gasteiger partial charge in [-0.3, -0.25) is 0 Å². The lowest BCUT2D eigenvalue weighted by molar-refractivity contribution is 0.0554. The quantitative estimate of drug-likeness (QED) is 0.748. The van der Waals surface area contributed by atoms with Crippen molar-refractivity contribution in [2.75, 3.05) is 33.2 Å². The minimum atomic E-state index is -0.606. The van der Waals surface area contributed by atoms with Crippen LogP contribution >= 0.6 is 0 Å². The van der Waals surface area contributed by atoms with Gasteiger partial charge in [-0.1, -0.05) is 0 Å². The van der Waals surface area contributed by atoms with Crippen molar-refractivity contribution in [2.45, 2.75) is 6.92 Å². The Morgan fingerprint density at radius 2 is 1.72 bits per heavy atom. The Kier molecular flexibility index (Phi) is 4.25. The summed E-state index contributed by atoms with van der Waals surface area (Å²) in [6.45, 7) is 1.64. The number of nitrogens with zero attached hydrogens (tertiary/aromatic N) is 2. The molecule has 0 atom stereocenters. The first-order valence-corrected chi connectivity index (χ1v) is 5.28. The van der Waals surface area contributed by atoms with Crippen molar-refractivity contribution >= 4 is 17.8 Å². The number of carbonyl (C=O) groups excluding carboxylic acids is 2. The van der Waals surface area contributed by atoms with Crippen LogP contribution in [-0.4, -0.2) is 45.2 Å². The Hall–Kier alpha value is -2.11. The molecule has 0 N–H and O–H groups in total. The number of aryl methyl sites for hydroxylation is 1. The lowest BCUT2D eigenvalue weighted by Gasteiger charge is -2.16. The number of hydrogen-bond donors (Lipinski definition) is 0. The molecule has 6 nitrogen and oxygen atoms in total. The third kappa shape index (κ3) is 2.58. The number of anilines is 1. The van der Waals surface area contributed by atoms with Gasteiger partial charge in [0.1, 0.15) is 5.82 Å². The molecule has 0 fully saturated rings. The SMILES string of the molecule is COC(=O)c1cc(N(C)C)nc(C)c1C(=O)OC. The highest BCUT2D eigenvalue weighted by atomic mass is 16.5. The molecule has 0 unspecified atom stereocenters. The van der Waals surface area contributed by atoms with Gasteiger partial charge in [0, 0.05) is 14.1 Å². The molecule has 1 rings (SSSR count). The van der Waals surface area contributed by atoms with Gasteiger partial charge in [0.2, 0.25) is 0 Å². The minimum absolute atomic E-state index is 0.134. The lowest BCUT2D eigenvalue weighted by Crippen LogP contribution is -2.18. The van der Waals surface area contributed by atoms with Crippen molar-refractivity contribution in [1.29, 1.82) is 0 Å². The highest BCUT2D eigenvalue weighted by molar-refractivity contribution is 6.04. The first-order chi connectivity index (χ1) is 8.42. The zero-order valence-corrected chi connectivity index (χ0v) is 11.1. The second kappa shape index (κ2) is 5.48. The zero-order valence-electron chi connectivity index (χ0n) is 11.1. The summed E-state index contributed by atoms with van der Waals surface area (Å²) in [7, 11) is 6.10. The van der Waals surface area contributed by atoms with Crippen LogP contribution in [0.25, 0.3) is 0 Å². The van der Waals surface area contributed by atoms with Crippen molar-refractivity contribution in [2.24, 2.45) is 0 Å². The maximum absolute atomic E-state index is 11.7. The normalized spacial score (nSPS) is 9.83. The van der Waals surface area contributed by atoms with E-state index in [-0.39, 0.29) is 11.1 Å². The van der Waals surface area contributed by atoms with Crippen LogP contribution in [-0.2, 0) is 9.47 Å². The minimum Gasteiger partial charge on any atom is -0.465 e. The van der Waals surface area contributed by atoms with Gasteiger partial charge in [-0.15, -0.1) is 0 Å². The number of carbonyl (C=O) groups is 2. The lowest BCUT2D eigenvalue weighted by atomic mass is 10.1. The second-order valence-corrected chi connectivity index (χ2v) is 3.87. The van der Waals surface area contributed by atoms with E-state index in [0.717, 1.165) is 0 Å². The number of esters is 2. The van der Waals surface area contributed by atoms with Gasteiger partial charge in [-0.05, 0) is 13.0 Å². The van der Waals surface area contributed by atoms with Crippen molar-refractivity contribution in [3.63, 3.8) is 0 Å². The van der Waals surface area contributed by atoms with Gasteiger partial charge in [-0.2, -0.15) is 0 Å². The first kappa shape index (κ1) is 14.0. The van der Waals surface area contributed by atoms with Gasteiger partial charge in [-0.25, -0.2) is 14.6 Å². The summed E-state index contributed by atoms with van der Waals surface area (Å²) < 4.78 is 9.32. The molecule has 1 aromatic heterocycles. The van der Waals surface area contributed by atoms with Gasteiger partial charge < -0.3 is 14.4 Å². The van der Waals surface area contributed by atoms with Crippen LogP contribution in [0.5, 0.6) is 0 Å². The van der Waals surface area contributed by atoms with E-state index in [1.165, 1.54) is 20.3 Å². The molecule has 0 radical (unpaired) electrons. The standard InChI is InChI=1S/C12H16N2O4/c1-7-10(12(16)18-5)8(11(15)17-4)6-9(13-7)14(2)3/h6H,1-5H3. The van der Waals surface area contributed by atoms with Crippen molar-refractivity contribution in [1.82, 2.24) is 4.98 Å². The average Bonchev–Trinajstić information content (AvgIpc) is 2.35. The molecule has 0 aromatic carbocycles. The summed E-state index contributed by atoms with van der Waals surface area (Å²) in [6.07, 6.45) is 0. The summed E-state index contributed by atoms with van der Waals surface area (Å²) in [5.74, 6) is -0.629. The molecular weight excluding hydrogens is 236 g/mol. The molecule has 1 heterocycles. The van der Waals surface area contributed by atoms with Gasteiger partial charge in [0.15, 0.2) is 0 Å². The zero-order chi connectivity index (χ0) is 13.9. The van der Waals surface area contributed by atoms with Crippen LogP contribution < -0.4 is 4.90 Å². The van der Waals surface area contributed by atoms with E-state index in [9.17, 15) is 9.59 Å². The number of rotatable bonds is 3. The summed E-state index contributed by atoms with van der Waals surface area (Å²) in [5.41, 5.74) is 0.712. The molecule has 0 saturated carbocycles. The molecule has 0 aliphatic heterocycles. The highest BCUT2D eigenvalue weighted by Gasteiger charge is 2.23. The maximum Gasteiger partial charge on any atom is 0.340 e. The van der Waals surface area contributed by atoms with Crippen molar-refractivity contribution in [3.05, 3.63) is 22.9 Å². The molecular formula is C12H16N2O4. The number of aromatic nitrogens is 1. The smallest absolute Gasteiger partial charge is 0.340 e. The fraction of sp³-hybridized carbons (Fsp3) is 0.417. The van der Waals surface area contributed by atoms with Crippen LogP contribution in [0.15, 0.2) is 6.07 Å². The highest BCUT2D eigenvalue weighted by Crippen LogP contribution is 2.20. The van der Waals surface area contributed by atoms with E-state index in [1.54, 1.807) is 25.9 Å². The number of methoxy groups -OCH3 is 2. The van der Waals surface area contributed by atoms with Crippen LogP contribution in [0, 0.1) is 6.92 Å². The number of pyridine rings is 1. The summed E-state index contributed by atoms with van der Waals surface area (Å²) in [4.78, 5) is 29.4. The largest absolute Gasteiger partial charge is 0.465 e. The molecule has 0 saturated heterocycles. The maximum atomic E-state index is 11.7. The third-order valence-corrected chi connectivity index (χ3v) is 2.44. The Balaban J connectivity index is 3.49. The number of ether oxygens (including phenoxy) is 2. The van der Waals surface area contributed by atoms with Gasteiger partial charge in [0.05, 0.1) is 31.0 Å². The molecule has 0 spiro atoms. The first-order valence-electron chi connectivity index (χ1n) is 5.28. The molecule has 0 amide bonds. The number of hydrogen-bond acceptors (Lipinski definition) is 6. The molecule has 6 heteroatoms. The molecule has 18 heavy (non-hydrogen) atoms. The van der Waals surface area contributed by atoms with E-state index >= 15 is 0 Å². The van der Waals surface area contributed by atoms with E-state index < -0.39 is 11.9 Å². The summed E-state index contributed by atoms with van der Waals surface area (Å²) in [5, 5.41) is 0. The molecule has 0 aliphatic carbocycles. The van der Waals surface area contributed by atoms with Gasteiger partial charge in [0.25, 0.3) is 0 Å². The van der Waals surface area contributed by atoms with Gasteiger partial charge >= 0.3 is 11.9 Å². The molecule has 98 valence electrons. The van der Waals surface area contributed by atoms with Crippen LogP contribution in [0.1, 0.15) is 26.4 Å². The van der Waals surface area contributed by atoms with Crippen molar-refractivity contribution in [3.8, 4) is 0 Å². The van der Waals surface area contributed by atoms with E-state index in [0.29, 0.717) is 11.5 Å². The molecule has 0 bridgehead atoms. The van der Waals surface area contributed by atoms with E-state index in [4.69, 9.17) is 0 Å². The Bertz CT molecular complexity index is 483. The van der Waals surface area contributed by atoms with Crippen LogP contribution in [0.4, 0.5) is 5.82 Å². The fourth-order valence-electron chi connectivity index (χ4n) is 1.52. The third-order valence-electron chi connectivity index (χ3n) is 2.44. The second-order valence-electron chi connectivity index (χ2n) is 3.87. The van der Waals surface area contributed by atoms with Crippen molar-refractivity contribution < 1.29 is 19.1 Å². The van der Waals surface area contributed by atoms with Crippen LogP contribution in [0.2, 0.25) is 0 Å². The van der Waals surface area contributed by atoms with Crippen LogP contribution in [0.3, 0.4) is 0 Å². The Labute approximate surface area is 106 Å². The summed E-state index contributed by atoms with van der Waals surface area (Å²) >= 11 is 0.